The van der Waals surface area contributed by atoms with Crippen molar-refractivity contribution in [3.8, 4) is 0 Å². The predicted molar refractivity (Wildman–Crippen MR) is 89.5 cm³/mol. The Labute approximate surface area is 145 Å². The van der Waals surface area contributed by atoms with Crippen LogP contribution in [0.25, 0.3) is 0 Å². The first kappa shape index (κ1) is 15.9. The maximum atomic E-state index is 12.5. The molecule has 0 radical (unpaired) electrons. The van der Waals surface area contributed by atoms with Crippen molar-refractivity contribution < 1.29 is 9.59 Å². The number of hydrogen-bond donors (Lipinski definition) is 1. The standard InChI is InChI=1S/C16H23N5O2S/c17-14(23)11-2-1-7-20(8-11)13(22)9-24-16-19-18-15(10-3-4-10)21(16)12-5-6-12/h10-12H,1-9H2,(H2,17,23)/t11-/m1/s1. The number of likely N-dealkylation sites (tertiary alicyclic amines) is 1. The van der Waals surface area contributed by atoms with Gasteiger partial charge in [-0.25, -0.2) is 0 Å². The Balaban J connectivity index is 1.38. The monoisotopic (exact) mass is 349 g/mol. The van der Waals surface area contributed by atoms with E-state index in [1.54, 1.807) is 4.90 Å². The van der Waals surface area contributed by atoms with Gasteiger partial charge in [-0.1, -0.05) is 11.8 Å². The quantitative estimate of drug-likeness (QED) is 0.781. The normalized spacial score (nSPS) is 24.2. The van der Waals surface area contributed by atoms with Crippen LogP contribution in [0.5, 0.6) is 0 Å². The van der Waals surface area contributed by atoms with E-state index in [1.165, 1.54) is 37.4 Å². The highest BCUT2D eigenvalue weighted by molar-refractivity contribution is 7.99. The maximum absolute atomic E-state index is 12.5. The Morgan fingerprint density at radius 3 is 2.62 bits per heavy atom. The molecule has 2 N–H and O–H groups in total. The van der Waals surface area contributed by atoms with Gasteiger partial charge in [0.2, 0.25) is 11.8 Å². The zero-order chi connectivity index (χ0) is 16.7. The molecule has 130 valence electrons. The van der Waals surface area contributed by atoms with Crippen LogP contribution in [-0.2, 0) is 9.59 Å². The van der Waals surface area contributed by atoms with E-state index in [-0.39, 0.29) is 17.7 Å². The summed E-state index contributed by atoms with van der Waals surface area (Å²) in [5.74, 6) is 1.58. The van der Waals surface area contributed by atoms with Crippen molar-refractivity contribution in [1.29, 1.82) is 0 Å². The van der Waals surface area contributed by atoms with Crippen molar-refractivity contribution in [3.05, 3.63) is 5.82 Å². The Morgan fingerprint density at radius 2 is 1.96 bits per heavy atom. The molecular weight excluding hydrogens is 326 g/mol. The maximum Gasteiger partial charge on any atom is 0.233 e. The summed E-state index contributed by atoms with van der Waals surface area (Å²) in [4.78, 5) is 25.6. The molecule has 2 amide bonds. The molecule has 0 bridgehead atoms. The van der Waals surface area contributed by atoms with Crippen LogP contribution in [0.3, 0.4) is 0 Å². The number of aromatic nitrogens is 3. The van der Waals surface area contributed by atoms with Gasteiger partial charge in [-0.05, 0) is 38.5 Å². The lowest BCUT2D eigenvalue weighted by Gasteiger charge is -2.31. The number of piperidine rings is 1. The Morgan fingerprint density at radius 1 is 1.17 bits per heavy atom. The minimum absolute atomic E-state index is 0.0595. The molecule has 8 heteroatoms. The lowest BCUT2D eigenvalue weighted by Crippen LogP contribution is -2.44. The zero-order valence-electron chi connectivity index (χ0n) is 13.7. The lowest BCUT2D eigenvalue weighted by atomic mass is 9.97. The number of rotatable bonds is 6. The van der Waals surface area contributed by atoms with E-state index in [4.69, 9.17) is 5.73 Å². The van der Waals surface area contributed by atoms with Crippen LogP contribution in [0, 0.1) is 5.92 Å². The van der Waals surface area contributed by atoms with Gasteiger partial charge in [0.05, 0.1) is 11.7 Å². The van der Waals surface area contributed by atoms with Gasteiger partial charge < -0.3 is 15.2 Å². The number of hydrogen-bond acceptors (Lipinski definition) is 5. The summed E-state index contributed by atoms with van der Waals surface area (Å²) in [5, 5.41) is 9.57. The highest BCUT2D eigenvalue weighted by atomic mass is 32.2. The Hall–Kier alpha value is -1.57. The first-order valence-corrected chi connectivity index (χ1v) is 9.76. The van der Waals surface area contributed by atoms with E-state index in [9.17, 15) is 9.59 Å². The largest absolute Gasteiger partial charge is 0.369 e. The van der Waals surface area contributed by atoms with Crippen molar-refractivity contribution >= 4 is 23.6 Å². The molecule has 0 unspecified atom stereocenters. The highest BCUT2D eigenvalue weighted by Gasteiger charge is 2.36. The van der Waals surface area contributed by atoms with Gasteiger partial charge in [-0.2, -0.15) is 0 Å². The van der Waals surface area contributed by atoms with Gasteiger partial charge in [0.25, 0.3) is 0 Å². The second kappa shape index (κ2) is 6.38. The molecule has 0 spiro atoms. The van der Waals surface area contributed by atoms with Crippen molar-refractivity contribution in [1.82, 2.24) is 19.7 Å². The number of thioether (sulfide) groups is 1. The lowest BCUT2D eigenvalue weighted by molar-refractivity contribution is -0.132. The molecular formula is C16H23N5O2S. The minimum atomic E-state index is -0.303. The summed E-state index contributed by atoms with van der Waals surface area (Å²) >= 11 is 1.47. The molecule has 2 heterocycles. The summed E-state index contributed by atoms with van der Waals surface area (Å²) in [6, 6.07) is 0.530. The first-order chi connectivity index (χ1) is 11.6. The fourth-order valence-corrected chi connectivity index (χ4v) is 4.25. The van der Waals surface area contributed by atoms with Gasteiger partial charge in [0, 0.05) is 25.0 Å². The first-order valence-electron chi connectivity index (χ1n) is 8.78. The smallest absolute Gasteiger partial charge is 0.233 e. The molecule has 7 nitrogen and oxygen atoms in total. The van der Waals surface area contributed by atoms with E-state index in [2.05, 4.69) is 14.8 Å². The molecule has 2 saturated carbocycles. The SMILES string of the molecule is NC(=O)[C@@H]1CCCN(C(=O)CSc2nnc(C3CC3)n2C2CC2)C1. The van der Waals surface area contributed by atoms with Crippen molar-refractivity contribution in [2.45, 2.75) is 55.6 Å². The molecule has 1 aliphatic heterocycles. The number of carbonyl (C=O) groups excluding carboxylic acids is 2. The van der Waals surface area contributed by atoms with Crippen LogP contribution in [0.15, 0.2) is 5.16 Å². The van der Waals surface area contributed by atoms with Crippen molar-refractivity contribution in [2.75, 3.05) is 18.8 Å². The number of amides is 2. The molecule has 1 aromatic heterocycles. The average molecular weight is 349 g/mol. The third kappa shape index (κ3) is 3.29. The summed E-state index contributed by atoms with van der Waals surface area (Å²) in [6.45, 7) is 1.17. The fraction of sp³-hybridized carbons (Fsp3) is 0.750. The van der Waals surface area contributed by atoms with E-state index < -0.39 is 0 Å². The van der Waals surface area contributed by atoms with E-state index >= 15 is 0 Å². The second-order valence-electron chi connectivity index (χ2n) is 7.09. The van der Waals surface area contributed by atoms with Crippen molar-refractivity contribution in [2.24, 2.45) is 11.7 Å². The molecule has 4 rings (SSSR count). The second-order valence-corrected chi connectivity index (χ2v) is 8.03. The summed E-state index contributed by atoms with van der Waals surface area (Å²) in [5.41, 5.74) is 5.39. The summed E-state index contributed by atoms with van der Waals surface area (Å²) in [6.07, 6.45) is 6.41. The van der Waals surface area contributed by atoms with E-state index in [0.29, 0.717) is 30.8 Å². The average Bonchev–Trinajstić information content (AvgIpc) is 3.51. The molecule has 0 aromatic carbocycles. The molecule has 1 aromatic rings. The highest BCUT2D eigenvalue weighted by Crippen LogP contribution is 2.46. The van der Waals surface area contributed by atoms with Gasteiger partial charge in [-0.3, -0.25) is 9.59 Å². The molecule has 2 aliphatic carbocycles. The van der Waals surface area contributed by atoms with Crippen molar-refractivity contribution in [3.63, 3.8) is 0 Å². The van der Waals surface area contributed by atoms with Crippen LogP contribution < -0.4 is 5.73 Å². The van der Waals surface area contributed by atoms with E-state index in [1.807, 2.05) is 0 Å². The number of carbonyl (C=O) groups is 2. The van der Waals surface area contributed by atoms with Crippen LogP contribution >= 0.6 is 11.8 Å². The molecule has 1 saturated heterocycles. The Kier molecular flexibility index (Phi) is 4.24. The number of nitrogens with zero attached hydrogens (tertiary/aromatic N) is 4. The predicted octanol–water partition coefficient (Wildman–Crippen LogP) is 1.31. The number of nitrogens with two attached hydrogens (primary N) is 1. The van der Waals surface area contributed by atoms with Gasteiger partial charge in [-0.15, -0.1) is 10.2 Å². The topological polar surface area (TPSA) is 94.1 Å². The number of primary amides is 1. The Bertz CT molecular complexity index is 653. The zero-order valence-corrected chi connectivity index (χ0v) is 14.5. The third-order valence-electron chi connectivity index (χ3n) is 5.05. The third-order valence-corrected chi connectivity index (χ3v) is 5.97. The van der Waals surface area contributed by atoms with E-state index in [0.717, 1.165) is 23.8 Å². The fourth-order valence-electron chi connectivity index (χ4n) is 3.34. The van der Waals surface area contributed by atoms with Crippen LogP contribution in [0.2, 0.25) is 0 Å². The minimum Gasteiger partial charge on any atom is -0.369 e. The van der Waals surface area contributed by atoms with Gasteiger partial charge in [0.15, 0.2) is 5.16 Å². The molecule has 3 aliphatic rings. The van der Waals surface area contributed by atoms with Crippen LogP contribution in [0.4, 0.5) is 0 Å². The molecule has 3 fully saturated rings. The van der Waals surface area contributed by atoms with Crippen LogP contribution in [-0.4, -0.2) is 50.3 Å². The summed E-state index contributed by atoms with van der Waals surface area (Å²) in [7, 11) is 0. The van der Waals surface area contributed by atoms with Gasteiger partial charge >= 0.3 is 0 Å². The molecule has 1 atom stereocenters. The van der Waals surface area contributed by atoms with Gasteiger partial charge in [0.1, 0.15) is 5.82 Å². The molecule has 24 heavy (non-hydrogen) atoms. The van der Waals surface area contributed by atoms with Crippen LogP contribution in [0.1, 0.15) is 56.3 Å². The summed E-state index contributed by atoms with van der Waals surface area (Å²) < 4.78 is 2.26.